The first-order valence-corrected chi connectivity index (χ1v) is 9.28. The number of nitrogens with zero attached hydrogens (tertiary/aromatic N) is 5. The Kier molecular flexibility index (Phi) is 4.60. The van der Waals surface area contributed by atoms with Crippen molar-refractivity contribution in [2.24, 2.45) is 0 Å². The maximum absolute atomic E-state index is 13.0. The van der Waals surface area contributed by atoms with Gasteiger partial charge in [-0.15, -0.1) is 0 Å². The predicted molar refractivity (Wildman–Crippen MR) is 108 cm³/mol. The molecule has 28 heavy (non-hydrogen) atoms. The van der Waals surface area contributed by atoms with Crippen molar-refractivity contribution in [1.29, 1.82) is 0 Å². The molecule has 0 saturated carbocycles. The van der Waals surface area contributed by atoms with Crippen molar-refractivity contribution in [3.63, 3.8) is 0 Å². The van der Waals surface area contributed by atoms with Gasteiger partial charge >= 0.3 is 0 Å². The number of benzene rings is 1. The summed E-state index contributed by atoms with van der Waals surface area (Å²) in [5.74, 6) is 0.393. The van der Waals surface area contributed by atoms with E-state index in [4.69, 9.17) is 11.6 Å². The Bertz CT molecular complexity index is 1160. The van der Waals surface area contributed by atoms with Crippen LogP contribution in [-0.4, -0.2) is 30.3 Å². The second-order valence-corrected chi connectivity index (χ2v) is 7.26. The summed E-state index contributed by atoms with van der Waals surface area (Å²) < 4.78 is 3.39. The number of fused-ring (bicyclic) bond motifs is 1. The normalized spacial score (nSPS) is 11.3. The second-order valence-electron chi connectivity index (χ2n) is 6.83. The summed E-state index contributed by atoms with van der Waals surface area (Å²) in [7, 11) is 0. The monoisotopic (exact) mass is 394 g/mol. The van der Waals surface area contributed by atoms with Gasteiger partial charge in [-0.05, 0) is 43.2 Å². The number of hydrogen-bond acceptors (Lipinski definition) is 4. The summed E-state index contributed by atoms with van der Waals surface area (Å²) >= 11 is 5.99. The number of halogens is 1. The molecule has 1 amide bonds. The highest BCUT2D eigenvalue weighted by atomic mass is 35.5. The van der Waals surface area contributed by atoms with Gasteiger partial charge in [-0.3, -0.25) is 4.79 Å². The van der Waals surface area contributed by atoms with Crippen LogP contribution in [0.5, 0.6) is 0 Å². The number of rotatable bonds is 4. The van der Waals surface area contributed by atoms with Crippen LogP contribution in [0, 0.1) is 6.92 Å². The molecule has 0 spiro atoms. The van der Waals surface area contributed by atoms with Crippen molar-refractivity contribution >= 4 is 29.0 Å². The summed E-state index contributed by atoms with van der Waals surface area (Å²) in [5.41, 5.74) is 3.69. The predicted octanol–water partition coefficient (Wildman–Crippen LogP) is 4.25. The highest BCUT2D eigenvalue weighted by molar-refractivity contribution is 6.30. The highest BCUT2D eigenvalue weighted by Crippen LogP contribution is 2.25. The lowest BCUT2D eigenvalue weighted by atomic mass is 10.1. The zero-order chi connectivity index (χ0) is 19.8. The Morgan fingerprint density at radius 3 is 2.64 bits per heavy atom. The summed E-state index contributed by atoms with van der Waals surface area (Å²) in [6.07, 6.45) is 3.23. The van der Waals surface area contributed by atoms with Gasteiger partial charge in [0, 0.05) is 17.3 Å². The number of nitrogens with one attached hydrogen (secondary N) is 1. The molecule has 1 N–H and O–H groups in total. The molecule has 4 rings (SSSR count). The molecular weight excluding hydrogens is 376 g/mol. The van der Waals surface area contributed by atoms with Crippen molar-refractivity contribution < 1.29 is 4.79 Å². The van der Waals surface area contributed by atoms with Gasteiger partial charge in [0.15, 0.2) is 5.65 Å². The molecule has 0 saturated heterocycles. The maximum atomic E-state index is 13.0. The lowest BCUT2D eigenvalue weighted by Gasteiger charge is -2.13. The van der Waals surface area contributed by atoms with E-state index in [2.05, 4.69) is 20.5 Å². The first-order valence-electron chi connectivity index (χ1n) is 8.90. The average Bonchev–Trinajstić information content (AvgIpc) is 3.26. The van der Waals surface area contributed by atoms with E-state index < -0.39 is 0 Å². The first-order chi connectivity index (χ1) is 13.4. The fourth-order valence-electron chi connectivity index (χ4n) is 3.16. The van der Waals surface area contributed by atoms with Gasteiger partial charge in [-0.2, -0.15) is 14.7 Å². The first kappa shape index (κ1) is 18.2. The summed E-state index contributed by atoms with van der Waals surface area (Å²) in [5, 5.41) is 12.4. The molecule has 0 fully saturated rings. The smallest absolute Gasteiger partial charge is 0.260 e. The van der Waals surface area contributed by atoms with Gasteiger partial charge in [0.05, 0.1) is 28.8 Å². The van der Waals surface area contributed by atoms with Crippen molar-refractivity contribution in [3.8, 4) is 5.69 Å². The molecule has 142 valence electrons. The Hall–Kier alpha value is -3.19. The Balaban J connectivity index is 1.72. The van der Waals surface area contributed by atoms with E-state index in [1.54, 1.807) is 39.8 Å². The molecule has 4 aromatic rings. The van der Waals surface area contributed by atoms with Crippen LogP contribution in [0.3, 0.4) is 0 Å². The van der Waals surface area contributed by atoms with E-state index in [9.17, 15) is 4.79 Å². The Morgan fingerprint density at radius 2 is 1.93 bits per heavy atom. The van der Waals surface area contributed by atoms with Crippen LogP contribution in [0.15, 0.2) is 48.8 Å². The molecule has 3 heterocycles. The van der Waals surface area contributed by atoms with Crippen LogP contribution < -0.4 is 5.32 Å². The topological polar surface area (TPSA) is 77.1 Å². The van der Waals surface area contributed by atoms with E-state index in [0.29, 0.717) is 22.1 Å². The van der Waals surface area contributed by atoms with Crippen LogP contribution in [0.2, 0.25) is 5.02 Å². The molecule has 0 aliphatic carbocycles. The van der Waals surface area contributed by atoms with Crippen molar-refractivity contribution in [2.45, 2.75) is 26.7 Å². The molecule has 8 heteroatoms. The zero-order valence-electron chi connectivity index (χ0n) is 15.7. The molecule has 0 radical (unpaired) electrons. The number of hydrogen-bond donors (Lipinski definition) is 1. The van der Waals surface area contributed by atoms with Gasteiger partial charge in [-0.25, -0.2) is 9.67 Å². The molecule has 3 aromatic heterocycles. The summed E-state index contributed by atoms with van der Waals surface area (Å²) in [6.45, 7) is 5.94. The average molecular weight is 395 g/mol. The van der Waals surface area contributed by atoms with Gasteiger partial charge in [0.25, 0.3) is 5.91 Å². The van der Waals surface area contributed by atoms with Crippen molar-refractivity contribution in [1.82, 2.24) is 24.4 Å². The maximum Gasteiger partial charge on any atom is 0.260 e. The van der Waals surface area contributed by atoms with E-state index in [0.717, 1.165) is 17.1 Å². The minimum Gasteiger partial charge on any atom is -0.306 e. The van der Waals surface area contributed by atoms with Crippen LogP contribution >= 0.6 is 11.6 Å². The standard InChI is InChI=1S/C20H19ClN6O/c1-12(2)19-16(11-23-26(19)15-6-4-14(21)5-7-15)20(28)24-17-8-9-22-18-10-13(3)25-27(17)18/h4-12H,1-3H3,(H,24,28). The summed E-state index contributed by atoms with van der Waals surface area (Å²) in [4.78, 5) is 17.3. The zero-order valence-corrected chi connectivity index (χ0v) is 16.5. The van der Waals surface area contributed by atoms with Crippen LogP contribution in [0.25, 0.3) is 11.3 Å². The largest absolute Gasteiger partial charge is 0.306 e. The number of aryl methyl sites for hydroxylation is 1. The quantitative estimate of drug-likeness (QED) is 0.561. The molecule has 7 nitrogen and oxygen atoms in total. The number of aromatic nitrogens is 5. The molecule has 0 unspecified atom stereocenters. The van der Waals surface area contributed by atoms with E-state index in [1.165, 1.54) is 0 Å². The third kappa shape index (κ3) is 3.25. The van der Waals surface area contributed by atoms with Crippen LogP contribution in [-0.2, 0) is 0 Å². The van der Waals surface area contributed by atoms with E-state index in [-0.39, 0.29) is 11.8 Å². The molecular formula is C20H19ClN6O. The lowest BCUT2D eigenvalue weighted by Crippen LogP contribution is -2.17. The molecule has 1 aromatic carbocycles. The fourth-order valence-corrected chi connectivity index (χ4v) is 3.29. The molecule has 0 aliphatic heterocycles. The third-order valence-corrected chi connectivity index (χ3v) is 4.64. The van der Waals surface area contributed by atoms with Crippen molar-refractivity contribution in [3.05, 3.63) is 70.8 Å². The van der Waals surface area contributed by atoms with E-state index in [1.807, 2.05) is 39.0 Å². The Labute approximate surface area is 167 Å². The molecule has 0 bridgehead atoms. The lowest BCUT2D eigenvalue weighted by molar-refractivity contribution is 0.102. The van der Waals surface area contributed by atoms with Gasteiger partial charge in [0.1, 0.15) is 5.82 Å². The van der Waals surface area contributed by atoms with Crippen LogP contribution in [0.4, 0.5) is 5.82 Å². The number of carbonyl (C=O) groups excluding carboxylic acids is 1. The second kappa shape index (κ2) is 7.09. The molecule has 0 atom stereocenters. The van der Waals surface area contributed by atoms with Gasteiger partial charge in [-0.1, -0.05) is 25.4 Å². The number of anilines is 1. The molecule has 0 aliphatic rings. The van der Waals surface area contributed by atoms with Crippen molar-refractivity contribution in [2.75, 3.05) is 5.32 Å². The fraction of sp³-hybridized carbons (Fsp3) is 0.200. The highest BCUT2D eigenvalue weighted by Gasteiger charge is 2.21. The summed E-state index contributed by atoms with van der Waals surface area (Å²) in [6, 6.07) is 10.9. The van der Waals surface area contributed by atoms with Crippen LogP contribution in [0.1, 0.15) is 41.5 Å². The Morgan fingerprint density at radius 1 is 1.18 bits per heavy atom. The third-order valence-electron chi connectivity index (χ3n) is 4.39. The van der Waals surface area contributed by atoms with Gasteiger partial charge < -0.3 is 5.32 Å². The minimum absolute atomic E-state index is 0.0864. The van der Waals surface area contributed by atoms with Gasteiger partial charge in [0.2, 0.25) is 0 Å². The number of carbonyl (C=O) groups is 1. The van der Waals surface area contributed by atoms with E-state index >= 15 is 0 Å². The number of amides is 1. The SMILES string of the molecule is Cc1cc2nccc(NC(=O)c3cnn(-c4ccc(Cl)cc4)c3C(C)C)n2n1. The minimum atomic E-state index is -0.246.